The SMILES string of the molecule is CC1=Cc2c(cc(F)c(Oc3cc(N4CCN(C)CC4)nc(NC4=NCC(c5ccco5)=C4)n3)c2F)C1. The van der Waals surface area contributed by atoms with Gasteiger partial charge in [-0.2, -0.15) is 9.97 Å². The van der Waals surface area contributed by atoms with E-state index in [1.54, 1.807) is 18.4 Å². The van der Waals surface area contributed by atoms with E-state index in [0.717, 1.165) is 43.1 Å². The van der Waals surface area contributed by atoms with E-state index in [0.29, 0.717) is 35.7 Å². The standard InChI is InChI=1S/C27H26F2N6O2/c1-16-10-17-12-20(28)26(25(29)19(17)11-16)37-24-14-23(35-7-5-34(2)6-8-35)32-27(33-24)31-22-13-18(15-30-22)21-4-3-9-36-21/h3-4,9,11-14H,5-8,10,15H2,1-2H3,(H,30,31,32,33). The topological polar surface area (TPSA) is 79.0 Å². The van der Waals surface area contributed by atoms with Crippen LogP contribution in [0.1, 0.15) is 23.8 Å². The van der Waals surface area contributed by atoms with Crippen LogP contribution in [0.15, 0.2) is 51.6 Å². The smallest absolute Gasteiger partial charge is 0.233 e. The van der Waals surface area contributed by atoms with Gasteiger partial charge in [-0.15, -0.1) is 0 Å². The molecule has 0 unspecified atom stereocenters. The fraction of sp³-hybridized carbons (Fsp3) is 0.296. The quantitative estimate of drug-likeness (QED) is 0.537. The van der Waals surface area contributed by atoms with Crippen molar-refractivity contribution in [1.29, 1.82) is 0 Å². The molecule has 0 radical (unpaired) electrons. The van der Waals surface area contributed by atoms with Gasteiger partial charge in [-0.3, -0.25) is 4.99 Å². The van der Waals surface area contributed by atoms with Crippen molar-refractivity contribution in [1.82, 2.24) is 14.9 Å². The summed E-state index contributed by atoms with van der Waals surface area (Å²) in [5.41, 5.74) is 2.86. The summed E-state index contributed by atoms with van der Waals surface area (Å²) in [5.74, 6) is 0.194. The lowest BCUT2D eigenvalue weighted by Crippen LogP contribution is -2.44. The molecule has 1 aliphatic carbocycles. The van der Waals surface area contributed by atoms with Gasteiger partial charge in [-0.25, -0.2) is 8.78 Å². The normalized spacial score (nSPS) is 17.4. The van der Waals surface area contributed by atoms with Crippen LogP contribution >= 0.6 is 0 Å². The number of aromatic nitrogens is 2. The number of piperazine rings is 1. The summed E-state index contributed by atoms with van der Waals surface area (Å²) in [5, 5.41) is 3.12. The minimum absolute atomic E-state index is 0.0386. The van der Waals surface area contributed by atoms with E-state index in [2.05, 4.69) is 37.1 Å². The van der Waals surface area contributed by atoms with Crippen LogP contribution in [-0.2, 0) is 6.42 Å². The molecule has 8 nitrogen and oxygen atoms in total. The van der Waals surface area contributed by atoms with Gasteiger partial charge in [0, 0.05) is 43.4 Å². The third-order valence-corrected chi connectivity index (χ3v) is 6.69. The lowest BCUT2D eigenvalue weighted by molar-refractivity contribution is 0.312. The van der Waals surface area contributed by atoms with E-state index in [4.69, 9.17) is 9.15 Å². The summed E-state index contributed by atoms with van der Waals surface area (Å²) < 4.78 is 41.4. The number of allylic oxidation sites excluding steroid dienone is 1. The van der Waals surface area contributed by atoms with Crippen molar-refractivity contribution in [3.05, 3.63) is 70.7 Å². The largest absolute Gasteiger partial charge is 0.465 e. The lowest BCUT2D eigenvalue weighted by Gasteiger charge is -2.33. The molecule has 3 aromatic rings. The molecule has 1 N–H and O–H groups in total. The Balaban J connectivity index is 1.32. The van der Waals surface area contributed by atoms with Crippen molar-refractivity contribution in [2.45, 2.75) is 13.3 Å². The van der Waals surface area contributed by atoms with Crippen molar-refractivity contribution >= 4 is 29.3 Å². The maximum Gasteiger partial charge on any atom is 0.233 e. The van der Waals surface area contributed by atoms with Crippen LogP contribution in [0.25, 0.3) is 11.6 Å². The van der Waals surface area contributed by atoms with Gasteiger partial charge in [-0.1, -0.05) is 11.6 Å². The number of amidine groups is 1. The maximum absolute atomic E-state index is 15.3. The van der Waals surface area contributed by atoms with Gasteiger partial charge in [0.2, 0.25) is 17.6 Å². The van der Waals surface area contributed by atoms with Gasteiger partial charge in [0.25, 0.3) is 0 Å². The Morgan fingerprint density at radius 1 is 1.08 bits per heavy atom. The zero-order valence-corrected chi connectivity index (χ0v) is 20.6. The molecule has 190 valence electrons. The van der Waals surface area contributed by atoms with Gasteiger partial charge >= 0.3 is 0 Å². The second kappa shape index (κ2) is 9.44. The van der Waals surface area contributed by atoms with Crippen LogP contribution < -0.4 is 15.0 Å². The van der Waals surface area contributed by atoms with E-state index in [-0.39, 0.29) is 11.8 Å². The summed E-state index contributed by atoms with van der Waals surface area (Å²) in [4.78, 5) is 17.9. The van der Waals surface area contributed by atoms with Crippen LogP contribution in [0, 0.1) is 11.6 Å². The molecule has 0 saturated carbocycles. The number of likely N-dealkylation sites (N-methyl/N-ethyl adjacent to an activating group) is 1. The first-order valence-corrected chi connectivity index (χ1v) is 12.2. The van der Waals surface area contributed by atoms with E-state index in [9.17, 15) is 4.39 Å². The number of halogens is 2. The number of aliphatic imine (C=N–C) groups is 1. The van der Waals surface area contributed by atoms with E-state index >= 15 is 4.39 Å². The highest BCUT2D eigenvalue weighted by Gasteiger charge is 2.25. The Morgan fingerprint density at radius 3 is 2.70 bits per heavy atom. The van der Waals surface area contributed by atoms with Crippen LogP contribution in [0.3, 0.4) is 0 Å². The van der Waals surface area contributed by atoms with Crippen molar-refractivity contribution in [2.24, 2.45) is 4.99 Å². The number of nitrogens with zero attached hydrogens (tertiary/aromatic N) is 5. The zero-order chi connectivity index (χ0) is 25.5. The van der Waals surface area contributed by atoms with Crippen molar-refractivity contribution in [3.8, 4) is 11.6 Å². The molecule has 0 spiro atoms. The Kier molecular flexibility index (Phi) is 5.96. The zero-order valence-electron chi connectivity index (χ0n) is 20.6. The van der Waals surface area contributed by atoms with Crippen molar-refractivity contribution in [3.63, 3.8) is 0 Å². The molecule has 10 heteroatoms. The van der Waals surface area contributed by atoms with Crippen molar-refractivity contribution in [2.75, 3.05) is 50.0 Å². The summed E-state index contributed by atoms with van der Waals surface area (Å²) in [6.07, 6.45) is 5.72. The Labute approximate surface area is 213 Å². The summed E-state index contributed by atoms with van der Waals surface area (Å²) in [6, 6.07) is 6.64. The monoisotopic (exact) mass is 504 g/mol. The average Bonchev–Trinajstić information content (AvgIpc) is 3.63. The number of hydrogen-bond donors (Lipinski definition) is 1. The first-order chi connectivity index (χ1) is 17.9. The molecule has 4 heterocycles. The fourth-order valence-electron chi connectivity index (χ4n) is 4.71. The van der Waals surface area contributed by atoms with Gasteiger partial charge in [0.1, 0.15) is 17.4 Å². The minimum atomic E-state index is -0.764. The predicted octanol–water partition coefficient (Wildman–Crippen LogP) is 4.76. The van der Waals surface area contributed by atoms with Crippen LogP contribution in [-0.4, -0.2) is 60.5 Å². The number of anilines is 2. The molecule has 0 amide bonds. The highest BCUT2D eigenvalue weighted by molar-refractivity contribution is 6.09. The van der Waals surface area contributed by atoms with Gasteiger partial charge in [0.15, 0.2) is 11.6 Å². The Bertz CT molecular complexity index is 1440. The number of hydrogen-bond acceptors (Lipinski definition) is 8. The van der Waals surface area contributed by atoms with Gasteiger partial charge in [0.05, 0.1) is 12.8 Å². The molecule has 37 heavy (non-hydrogen) atoms. The molecule has 0 atom stereocenters. The fourth-order valence-corrected chi connectivity index (χ4v) is 4.71. The molecule has 1 aromatic carbocycles. The second-order valence-electron chi connectivity index (χ2n) is 9.50. The first kappa shape index (κ1) is 23.4. The third kappa shape index (κ3) is 4.72. The van der Waals surface area contributed by atoms with E-state index < -0.39 is 17.4 Å². The van der Waals surface area contributed by atoms with E-state index in [1.807, 2.05) is 25.1 Å². The molecule has 0 bridgehead atoms. The number of fused-ring (bicyclic) bond motifs is 1. The molecule has 1 saturated heterocycles. The first-order valence-electron chi connectivity index (χ1n) is 12.2. The third-order valence-electron chi connectivity index (χ3n) is 6.69. The molecular formula is C27H26F2N6O2. The molecule has 6 rings (SSSR count). The summed E-state index contributed by atoms with van der Waals surface area (Å²) in [7, 11) is 2.07. The number of benzene rings is 1. The van der Waals surface area contributed by atoms with Crippen LogP contribution in [0.5, 0.6) is 11.6 Å². The molecule has 3 aliphatic rings. The summed E-state index contributed by atoms with van der Waals surface area (Å²) in [6.45, 7) is 5.58. The molecule has 1 fully saturated rings. The predicted molar refractivity (Wildman–Crippen MR) is 138 cm³/mol. The Hall–Kier alpha value is -4.05. The highest BCUT2D eigenvalue weighted by atomic mass is 19.1. The van der Waals surface area contributed by atoms with Gasteiger partial charge < -0.3 is 24.3 Å². The average molecular weight is 505 g/mol. The Morgan fingerprint density at radius 2 is 1.92 bits per heavy atom. The maximum atomic E-state index is 15.3. The number of furan rings is 1. The number of nitrogens with one attached hydrogen (secondary N) is 1. The van der Waals surface area contributed by atoms with Crippen LogP contribution in [0.2, 0.25) is 0 Å². The molecular weight excluding hydrogens is 478 g/mol. The second-order valence-corrected chi connectivity index (χ2v) is 9.50. The van der Waals surface area contributed by atoms with Crippen molar-refractivity contribution < 1.29 is 17.9 Å². The minimum Gasteiger partial charge on any atom is -0.465 e. The van der Waals surface area contributed by atoms with Gasteiger partial charge in [-0.05, 0) is 50.2 Å². The molecule has 2 aromatic heterocycles. The summed E-state index contributed by atoms with van der Waals surface area (Å²) >= 11 is 0. The lowest BCUT2D eigenvalue weighted by atomic mass is 10.1. The molecule has 2 aliphatic heterocycles. The van der Waals surface area contributed by atoms with Crippen LogP contribution in [0.4, 0.5) is 20.5 Å². The highest BCUT2D eigenvalue weighted by Crippen LogP contribution is 2.37. The number of ether oxygens (including phenoxy) is 1. The van der Waals surface area contributed by atoms with E-state index in [1.165, 1.54) is 6.07 Å². The number of rotatable bonds is 5.